The molecule has 3 amide bonds. The van der Waals surface area contributed by atoms with E-state index in [-0.39, 0.29) is 54.9 Å². The van der Waals surface area contributed by atoms with E-state index in [0.29, 0.717) is 29.9 Å². The lowest BCUT2D eigenvalue weighted by atomic mass is 9.85. The number of anilines is 1. The summed E-state index contributed by atoms with van der Waals surface area (Å²) in [5.41, 5.74) is 14.1. The Hall–Kier alpha value is -5.70. The number of nitrogen functional groups attached to an aromatic ring is 1. The van der Waals surface area contributed by atoms with E-state index in [4.69, 9.17) is 5.73 Å². The van der Waals surface area contributed by atoms with Crippen molar-refractivity contribution >= 4 is 34.9 Å². The molecule has 0 bridgehead atoms. The number of phenolic OH excluding ortho intramolecular Hbond substituents is 1. The zero-order chi connectivity index (χ0) is 42.0. The second-order valence-electron chi connectivity index (χ2n) is 16.8. The normalized spacial score (nSPS) is 19.4. The number of hydrogen-bond donors (Lipinski definition) is 5. The lowest BCUT2D eigenvalue weighted by molar-refractivity contribution is -0.144. The zero-order valence-corrected chi connectivity index (χ0v) is 34.9. The minimum absolute atomic E-state index is 0.00525. The first-order valence-corrected chi connectivity index (χ1v) is 20.9. The van der Waals surface area contributed by atoms with Crippen molar-refractivity contribution in [1.29, 1.82) is 0 Å². The molecular weight excluding hydrogens is 765 g/mol. The van der Waals surface area contributed by atoms with Gasteiger partial charge in [-0.15, -0.1) is 21.5 Å². The van der Waals surface area contributed by atoms with E-state index in [9.17, 15) is 24.6 Å². The number of aliphatic hydroxyl groups excluding tert-OH is 1. The number of nitrogens with two attached hydrogens (primary N) is 1. The number of thiazole rings is 1. The van der Waals surface area contributed by atoms with Crippen LogP contribution in [-0.4, -0.2) is 97.3 Å². The fourth-order valence-corrected chi connectivity index (χ4v) is 8.87. The molecule has 308 valence electrons. The average Bonchev–Trinajstić information content (AvgIpc) is 3.97. The molecule has 0 spiro atoms. The van der Waals surface area contributed by atoms with Crippen LogP contribution in [-0.2, 0) is 14.4 Å². The molecule has 59 heavy (non-hydrogen) atoms. The molecule has 13 nitrogen and oxygen atoms in total. The van der Waals surface area contributed by atoms with Crippen LogP contribution < -0.4 is 16.4 Å². The Kier molecular flexibility index (Phi) is 12.1. The number of aromatic hydroxyl groups is 1. The number of carbonyl (C=O) groups is 3. The maximum Gasteiger partial charge on any atom is 0.246 e. The highest BCUT2D eigenvalue weighted by atomic mass is 32.1. The number of carbonyl (C=O) groups excluding carboxylic acids is 3. The molecular formula is C45H52N8O5S. The van der Waals surface area contributed by atoms with Gasteiger partial charge in [0.25, 0.3) is 0 Å². The van der Waals surface area contributed by atoms with Crippen molar-refractivity contribution in [2.45, 2.75) is 77.6 Å². The summed E-state index contributed by atoms with van der Waals surface area (Å²) in [4.78, 5) is 50.5. The SMILES string of the molecule is Cc1ncsc1-c1ccc([C@H](C)NC(=O)[C@@H]2C[C@@H](O)CN2C(=O)[C@@H](NC(=O)CN2CCC(c3ccc(-c4cc(-c5ccccc5O)nnc4N)cc3)C2)C(C)(C)C)cc1. The van der Waals surface area contributed by atoms with Gasteiger partial charge in [-0.25, -0.2) is 4.98 Å². The molecule has 4 heterocycles. The zero-order valence-electron chi connectivity index (χ0n) is 34.1. The molecule has 2 saturated heterocycles. The summed E-state index contributed by atoms with van der Waals surface area (Å²) in [5.74, 6) is -0.415. The molecule has 5 aromatic rings. The number of nitrogens with one attached hydrogen (secondary N) is 2. The third-order valence-electron chi connectivity index (χ3n) is 11.4. The maximum atomic E-state index is 14.2. The van der Waals surface area contributed by atoms with Gasteiger partial charge in [-0.3, -0.25) is 19.3 Å². The van der Waals surface area contributed by atoms with Crippen molar-refractivity contribution in [3.05, 3.63) is 101 Å². The summed E-state index contributed by atoms with van der Waals surface area (Å²) in [6, 6.07) is 22.8. The first kappa shape index (κ1) is 41.5. The lowest BCUT2D eigenvalue weighted by Gasteiger charge is -2.36. The number of hydrogen-bond acceptors (Lipinski definition) is 11. The predicted molar refractivity (Wildman–Crippen MR) is 229 cm³/mol. The van der Waals surface area contributed by atoms with Crippen molar-refractivity contribution in [3.8, 4) is 38.6 Å². The van der Waals surface area contributed by atoms with Crippen LogP contribution in [0.5, 0.6) is 5.75 Å². The van der Waals surface area contributed by atoms with Crippen LogP contribution in [0.25, 0.3) is 32.8 Å². The summed E-state index contributed by atoms with van der Waals surface area (Å²) in [7, 11) is 0. The molecule has 2 fully saturated rings. The van der Waals surface area contributed by atoms with Gasteiger partial charge in [0.1, 0.15) is 17.8 Å². The number of para-hydroxylation sites is 1. The highest BCUT2D eigenvalue weighted by Crippen LogP contribution is 2.35. The summed E-state index contributed by atoms with van der Waals surface area (Å²) < 4.78 is 0. The first-order chi connectivity index (χ1) is 28.2. The second-order valence-corrected chi connectivity index (χ2v) is 17.6. The molecule has 7 rings (SSSR count). The van der Waals surface area contributed by atoms with Gasteiger partial charge in [-0.1, -0.05) is 81.4 Å². The first-order valence-electron chi connectivity index (χ1n) is 20.0. The van der Waals surface area contributed by atoms with Crippen molar-refractivity contribution in [2.24, 2.45) is 5.41 Å². The third-order valence-corrected chi connectivity index (χ3v) is 12.4. The van der Waals surface area contributed by atoms with E-state index < -0.39 is 29.5 Å². The summed E-state index contributed by atoms with van der Waals surface area (Å²) >= 11 is 1.58. The standard InChI is InChI=1S/C45H52N8O5S/c1-26(28-10-16-31(17-11-28)40-27(2)47-25-59-40)48-43(57)37-20-33(54)23-53(37)44(58)41(45(3,4)5)49-39(56)24-52-19-18-32(22-52)29-12-14-30(15-13-29)35-21-36(50-51-42(35)46)34-8-6-7-9-38(34)55/h6-17,21,25-26,32-33,37,41,54-55H,18-20,22-24H2,1-5H3,(H2,46,51)(H,48,57)(H,49,56)/t26-,32?,33+,37-,41+/m0/s1. The van der Waals surface area contributed by atoms with Crippen LogP contribution in [0.3, 0.4) is 0 Å². The number of β-amino-alcohol motifs (C(OH)–C–C–N with tert-alkyl or cyclic N) is 1. The van der Waals surface area contributed by atoms with Crippen LogP contribution in [0.1, 0.15) is 69.3 Å². The van der Waals surface area contributed by atoms with E-state index in [0.717, 1.165) is 39.2 Å². The van der Waals surface area contributed by atoms with Crippen molar-refractivity contribution in [2.75, 3.05) is 31.9 Å². The highest BCUT2D eigenvalue weighted by molar-refractivity contribution is 7.13. The van der Waals surface area contributed by atoms with E-state index >= 15 is 0 Å². The molecule has 0 radical (unpaired) electrons. The third kappa shape index (κ3) is 9.30. The number of benzene rings is 3. The van der Waals surface area contributed by atoms with Gasteiger partial charge in [0, 0.05) is 30.6 Å². The second kappa shape index (κ2) is 17.3. The van der Waals surface area contributed by atoms with Crippen molar-refractivity contribution in [3.63, 3.8) is 0 Å². The fourth-order valence-electron chi connectivity index (χ4n) is 8.06. The Balaban J connectivity index is 0.955. The average molecular weight is 817 g/mol. The Labute approximate surface area is 348 Å². The fraction of sp³-hybridized carbons (Fsp3) is 0.378. The number of nitrogens with zero attached hydrogens (tertiary/aromatic N) is 5. The lowest BCUT2D eigenvalue weighted by Crippen LogP contribution is -2.58. The molecule has 3 aromatic carbocycles. The molecule has 6 N–H and O–H groups in total. The van der Waals surface area contributed by atoms with Crippen LogP contribution in [0.15, 0.2) is 84.4 Å². The molecule has 14 heteroatoms. The molecule has 0 aliphatic carbocycles. The number of rotatable bonds is 11. The van der Waals surface area contributed by atoms with Crippen LogP contribution in [0.4, 0.5) is 5.82 Å². The summed E-state index contributed by atoms with van der Waals surface area (Å²) in [5, 5.41) is 35.4. The smallest absolute Gasteiger partial charge is 0.246 e. The molecule has 5 atom stereocenters. The van der Waals surface area contributed by atoms with E-state index in [1.165, 1.54) is 4.90 Å². The van der Waals surface area contributed by atoms with Crippen molar-refractivity contribution < 1.29 is 24.6 Å². The highest BCUT2D eigenvalue weighted by Gasteiger charge is 2.45. The van der Waals surface area contributed by atoms with Gasteiger partial charge >= 0.3 is 0 Å². The van der Waals surface area contributed by atoms with Gasteiger partial charge in [-0.05, 0) is 78.6 Å². The van der Waals surface area contributed by atoms with Crippen molar-refractivity contribution in [1.82, 2.24) is 35.6 Å². The van der Waals surface area contributed by atoms with Gasteiger partial charge in [0.15, 0.2) is 5.82 Å². The minimum atomic E-state index is -0.914. The van der Waals surface area contributed by atoms with Gasteiger partial charge in [0.05, 0.1) is 40.5 Å². The summed E-state index contributed by atoms with van der Waals surface area (Å²) in [6.07, 6.45) is 0.112. The van der Waals surface area contributed by atoms with E-state index in [1.807, 2.05) is 88.7 Å². The number of aliphatic hydroxyl groups is 1. The molecule has 0 saturated carbocycles. The number of aryl methyl sites for hydroxylation is 1. The topological polar surface area (TPSA) is 187 Å². The summed E-state index contributed by atoms with van der Waals surface area (Å²) in [6.45, 7) is 11.0. The number of aromatic nitrogens is 3. The quantitative estimate of drug-likeness (QED) is 0.111. The molecule has 2 aromatic heterocycles. The van der Waals surface area contributed by atoms with E-state index in [1.54, 1.807) is 29.5 Å². The maximum absolute atomic E-state index is 14.2. The molecule has 2 aliphatic heterocycles. The predicted octanol–water partition coefficient (Wildman–Crippen LogP) is 5.69. The Morgan fingerprint density at radius 3 is 2.34 bits per heavy atom. The Morgan fingerprint density at radius 2 is 1.66 bits per heavy atom. The van der Waals surface area contributed by atoms with Gasteiger partial charge in [0.2, 0.25) is 17.7 Å². The van der Waals surface area contributed by atoms with Crippen LogP contribution in [0.2, 0.25) is 0 Å². The monoisotopic (exact) mass is 816 g/mol. The van der Waals surface area contributed by atoms with Crippen LogP contribution in [0, 0.1) is 12.3 Å². The number of amides is 3. The minimum Gasteiger partial charge on any atom is -0.507 e. The van der Waals surface area contributed by atoms with E-state index in [2.05, 4.69) is 42.8 Å². The number of phenols is 1. The molecule has 1 unspecified atom stereocenters. The van der Waals surface area contributed by atoms with Gasteiger partial charge in [-0.2, -0.15) is 0 Å². The van der Waals surface area contributed by atoms with Gasteiger partial charge < -0.3 is 31.5 Å². The van der Waals surface area contributed by atoms with Crippen LogP contribution >= 0.6 is 11.3 Å². The Bertz CT molecular complexity index is 2310. The Morgan fingerprint density at radius 1 is 0.949 bits per heavy atom. The molecule has 2 aliphatic rings. The largest absolute Gasteiger partial charge is 0.507 e. The number of likely N-dealkylation sites (tertiary alicyclic amines) is 2.